The molecule has 2 fully saturated rings. The molecule has 0 aromatic carbocycles. The molecule has 0 aliphatic carbocycles. The highest BCUT2D eigenvalue weighted by atomic mass is 32.2. The number of pyridine rings is 1. The number of aromatic nitrogens is 1. The van der Waals surface area contributed by atoms with Crippen LogP contribution in [0.15, 0.2) is 24.4 Å². The number of sulfone groups is 1. The number of halogens is 3. The highest BCUT2D eigenvalue weighted by molar-refractivity contribution is 7.91. The van der Waals surface area contributed by atoms with E-state index in [2.05, 4.69) is 4.98 Å². The van der Waals surface area contributed by atoms with Crippen molar-refractivity contribution in [2.24, 2.45) is 0 Å². The van der Waals surface area contributed by atoms with Gasteiger partial charge in [0.05, 0.1) is 12.2 Å². The Kier molecular flexibility index (Phi) is 7.87. The molecule has 2 saturated heterocycles. The van der Waals surface area contributed by atoms with Crippen molar-refractivity contribution < 1.29 is 45.8 Å². The zero-order chi connectivity index (χ0) is 23.3. The number of rotatable bonds is 4. The minimum atomic E-state index is -5.08. The summed E-state index contributed by atoms with van der Waals surface area (Å²) in [6.45, 7) is 1.54. The summed E-state index contributed by atoms with van der Waals surface area (Å²) in [5.74, 6) is -2.92. The number of carboxylic acids is 1. The molecule has 0 saturated carbocycles. The van der Waals surface area contributed by atoms with Crippen molar-refractivity contribution in [3.8, 4) is 5.88 Å². The highest BCUT2D eigenvalue weighted by Gasteiger charge is 2.44. The summed E-state index contributed by atoms with van der Waals surface area (Å²) in [4.78, 5) is 26.7. The van der Waals surface area contributed by atoms with Crippen molar-refractivity contribution in [1.82, 2.24) is 9.88 Å². The van der Waals surface area contributed by atoms with Crippen LogP contribution in [0.4, 0.5) is 13.2 Å². The Morgan fingerprint density at radius 2 is 1.94 bits per heavy atom. The number of nitrogens with zero attached hydrogens (tertiary/aromatic N) is 2. The maximum absolute atomic E-state index is 12.0. The predicted octanol–water partition coefficient (Wildman–Crippen LogP) is 1.29. The van der Waals surface area contributed by atoms with Crippen LogP contribution in [0.5, 0.6) is 5.88 Å². The molecule has 0 radical (unpaired) electrons. The van der Waals surface area contributed by atoms with Gasteiger partial charge in [0.2, 0.25) is 11.8 Å². The molecule has 13 heteroatoms. The van der Waals surface area contributed by atoms with E-state index in [9.17, 15) is 26.4 Å². The molecule has 31 heavy (non-hydrogen) atoms. The molecule has 1 unspecified atom stereocenters. The van der Waals surface area contributed by atoms with E-state index >= 15 is 0 Å². The number of alkyl halides is 3. The van der Waals surface area contributed by atoms with Gasteiger partial charge in [0.25, 0.3) is 0 Å². The molecular formula is C18H23F3N2O7S. The second-order valence-electron chi connectivity index (χ2n) is 7.36. The number of carbonyl (C=O) groups is 2. The summed E-state index contributed by atoms with van der Waals surface area (Å²) >= 11 is 0. The molecule has 1 aromatic heterocycles. The Bertz CT molecular complexity index is 870. The first kappa shape index (κ1) is 24.9. The average molecular weight is 468 g/mol. The van der Waals surface area contributed by atoms with E-state index in [1.165, 1.54) is 0 Å². The highest BCUT2D eigenvalue weighted by Crippen LogP contribution is 2.37. The van der Waals surface area contributed by atoms with Gasteiger partial charge in [-0.15, -0.1) is 0 Å². The van der Waals surface area contributed by atoms with Crippen LogP contribution in [-0.4, -0.2) is 84.9 Å². The maximum Gasteiger partial charge on any atom is 0.490 e. The molecular weight excluding hydrogens is 445 g/mol. The molecule has 9 nitrogen and oxygen atoms in total. The summed E-state index contributed by atoms with van der Waals surface area (Å²) in [6.07, 6.45) is -0.201. The first-order valence-electron chi connectivity index (χ1n) is 9.27. The van der Waals surface area contributed by atoms with Crippen molar-refractivity contribution in [2.75, 3.05) is 31.7 Å². The second kappa shape index (κ2) is 9.81. The zero-order valence-electron chi connectivity index (χ0n) is 16.7. The Morgan fingerprint density at radius 1 is 1.32 bits per heavy atom. The Hall–Kier alpha value is -2.41. The van der Waals surface area contributed by atoms with E-state index in [0.717, 1.165) is 12.7 Å². The lowest BCUT2D eigenvalue weighted by atomic mass is 9.88. The van der Waals surface area contributed by atoms with Gasteiger partial charge in [0.15, 0.2) is 9.84 Å². The molecule has 1 amide bonds. The van der Waals surface area contributed by atoms with Crippen LogP contribution in [-0.2, 0) is 24.2 Å². The summed E-state index contributed by atoms with van der Waals surface area (Å²) in [5, 5.41) is 7.12. The summed E-state index contributed by atoms with van der Waals surface area (Å²) in [5.41, 5.74) is -0.276. The van der Waals surface area contributed by atoms with Crippen LogP contribution in [0.25, 0.3) is 0 Å². The fourth-order valence-electron chi connectivity index (χ4n) is 3.29. The van der Waals surface area contributed by atoms with Crippen LogP contribution in [0.1, 0.15) is 19.3 Å². The Balaban J connectivity index is 0.000000423. The largest absolute Gasteiger partial charge is 0.490 e. The first-order valence-corrected chi connectivity index (χ1v) is 11.3. The number of hydrogen-bond donors (Lipinski definition) is 1. The average Bonchev–Trinajstić information content (AvgIpc) is 3.03. The lowest BCUT2D eigenvalue weighted by Gasteiger charge is -2.38. The topological polar surface area (TPSA) is 123 Å². The SMILES string of the molecule is CS(=O)(=O)CC(=O)N1CCC2(CC1)CC(Oc1ccccn1)CO2.O=C(O)C(F)(F)F. The van der Waals surface area contributed by atoms with Crippen LogP contribution in [0.3, 0.4) is 0 Å². The Labute approximate surface area is 177 Å². The number of likely N-dealkylation sites (tertiary alicyclic amines) is 1. The lowest BCUT2D eigenvalue weighted by Crippen LogP contribution is -2.48. The standard InChI is InChI=1S/C16H22N2O5S.C2HF3O2/c1-24(20,21)12-15(19)18-8-5-16(6-9-18)10-13(11-22-16)23-14-4-2-3-7-17-14;3-2(4,5)1(6)7/h2-4,7,13H,5-6,8-12H2,1H3;(H,6,7). The van der Waals surface area contributed by atoms with E-state index in [1.807, 2.05) is 18.2 Å². The van der Waals surface area contributed by atoms with Gasteiger partial charge in [-0.05, 0) is 18.9 Å². The van der Waals surface area contributed by atoms with Crippen molar-refractivity contribution >= 4 is 21.7 Å². The maximum atomic E-state index is 12.0. The molecule has 2 aliphatic rings. The van der Waals surface area contributed by atoms with Crippen LogP contribution in [0, 0.1) is 0 Å². The molecule has 3 heterocycles. The first-order chi connectivity index (χ1) is 14.3. The van der Waals surface area contributed by atoms with E-state index in [1.54, 1.807) is 11.1 Å². The smallest absolute Gasteiger partial charge is 0.475 e. The van der Waals surface area contributed by atoms with Crippen molar-refractivity contribution in [2.45, 2.75) is 37.1 Å². The van der Waals surface area contributed by atoms with Gasteiger partial charge in [-0.2, -0.15) is 13.2 Å². The zero-order valence-corrected chi connectivity index (χ0v) is 17.5. The summed E-state index contributed by atoms with van der Waals surface area (Å²) in [7, 11) is -3.29. The minimum Gasteiger partial charge on any atom is -0.475 e. The second-order valence-corrected chi connectivity index (χ2v) is 9.50. The number of carbonyl (C=O) groups excluding carboxylic acids is 1. The van der Waals surface area contributed by atoms with E-state index in [4.69, 9.17) is 19.4 Å². The van der Waals surface area contributed by atoms with Gasteiger partial charge in [-0.25, -0.2) is 18.2 Å². The van der Waals surface area contributed by atoms with Gasteiger partial charge < -0.3 is 19.5 Å². The van der Waals surface area contributed by atoms with Crippen molar-refractivity contribution in [3.63, 3.8) is 0 Å². The fourth-order valence-corrected chi connectivity index (χ4v) is 3.92. The summed E-state index contributed by atoms with van der Waals surface area (Å²) < 4.78 is 66.1. The quantitative estimate of drug-likeness (QED) is 0.701. The van der Waals surface area contributed by atoms with Gasteiger partial charge >= 0.3 is 12.1 Å². The number of hydrogen-bond acceptors (Lipinski definition) is 7. The molecule has 2 aliphatic heterocycles. The molecule has 1 atom stereocenters. The Morgan fingerprint density at radius 3 is 2.42 bits per heavy atom. The van der Waals surface area contributed by atoms with Gasteiger partial charge in [0.1, 0.15) is 11.9 Å². The number of amides is 1. The van der Waals surface area contributed by atoms with Crippen LogP contribution < -0.4 is 4.74 Å². The fraction of sp³-hybridized carbons (Fsp3) is 0.611. The predicted molar refractivity (Wildman–Crippen MR) is 101 cm³/mol. The summed E-state index contributed by atoms with van der Waals surface area (Å²) in [6, 6.07) is 5.53. The monoisotopic (exact) mass is 468 g/mol. The molecule has 0 bridgehead atoms. The number of aliphatic carboxylic acids is 1. The number of ether oxygens (including phenoxy) is 2. The lowest BCUT2D eigenvalue weighted by molar-refractivity contribution is -0.192. The molecule has 3 rings (SSSR count). The third-order valence-corrected chi connectivity index (χ3v) is 5.53. The van der Waals surface area contributed by atoms with Crippen LogP contribution >= 0.6 is 0 Å². The van der Waals surface area contributed by atoms with Crippen molar-refractivity contribution in [1.29, 1.82) is 0 Å². The number of piperidine rings is 1. The van der Waals surface area contributed by atoms with E-state index < -0.39 is 27.7 Å². The van der Waals surface area contributed by atoms with E-state index in [0.29, 0.717) is 38.4 Å². The minimum absolute atomic E-state index is 0.0434. The third-order valence-electron chi connectivity index (χ3n) is 4.76. The molecule has 1 N–H and O–H groups in total. The molecule has 1 aromatic rings. The van der Waals surface area contributed by atoms with Gasteiger partial charge in [0, 0.05) is 38.0 Å². The van der Waals surface area contributed by atoms with E-state index in [-0.39, 0.29) is 17.6 Å². The van der Waals surface area contributed by atoms with Gasteiger partial charge in [-0.3, -0.25) is 4.79 Å². The third kappa shape index (κ3) is 7.98. The normalized spacial score (nSPS) is 20.6. The van der Waals surface area contributed by atoms with Gasteiger partial charge in [-0.1, -0.05) is 6.07 Å². The molecule has 1 spiro atoms. The number of carboxylic acid groups (broad SMARTS) is 1. The molecule has 174 valence electrons. The van der Waals surface area contributed by atoms with Crippen LogP contribution in [0.2, 0.25) is 0 Å². The van der Waals surface area contributed by atoms with Crippen molar-refractivity contribution in [3.05, 3.63) is 24.4 Å².